The monoisotopic (exact) mass is 274 g/mol. The van der Waals surface area contributed by atoms with Crippen LogP contribution in [0.25, 0.3) is 0 Å². The predicted molar refractivity (Wildman–Crippen MR) is 68.8 cm³/mol. The second kappa shape index (κ2) is 5.92. The van der Waals surface area contributed by atoms with Crippen LogP contribution in [0.1, 0.15) is 26.3 Å². The average molecular weight is 274 g/mol. The van der Waals surface area contributed by atoms with Crippen LogP contribution >= 0.6 is 0 Å². The highest BCUT2D eigenvalue weighted by Gasteiger charge is 2.07. The van der Waals surface area contributed by atoms with Gasteiger partial charge in [0.2, 0.25) is 0 Å². The first-order chi connectivity index (χ1) is 9.56. The first kappa shape index (κ1) is 13.7. The van der Waals surface area contributed by atoms with E-state index < -0.39 is 17.7 Å². The van der Waals surface area contributed by atoms with Crippen molar-refractivity contribution in [2.45, 2.75) is 6.54 Å². The average Bonchev–Trinajstić information content (AvgIpc) is 2.45. The topological polar surface area (TPSA) is 79.3 Å². The molecule has 6 heteroatoms. The highest BCUT2D eigenvalue weighted by molar-refractivity contribution is 5.93. The lowest BCUT2D eigenvalue weighted by molar-refractivity contribution is 0.0696. The molecule has 5 nitrogen and oxygen atoms in total. The standard InChI is InChI=1S/C14H11FN2O3/c15-12-5-11(7-16-8-12)13(18)17-6-9-1-3-10(4-2-9)14(19)20/h1-5,7-8H,6H2,(H,17,18)(H,19,20). The normalized spacial score (nSPS) is 10.1. The predicted octanol–water partition coefficient (Wildman–Crippen LogP) is 1.85. The zero-order chi connectivity index (χ0) is 14.5. The van der Waals surface area contributed by atoms with Crippen LogP contribution in [0.2, 0.25) is 0 Å². The molecular weight excluding hydrogens is 263 g/mol. The van der Waals surface area contributed by atoms with Crippen molar-refractivity contribution in [1.29, 1.82) is 0 Å². The van der Waals surface area contributed by atoms with Crippen molar-refractivity contribution in [3.8, 4) is 0 Å². The fraction of sp³-hybridized carbons (Fsp3) is 0.0714. The number of hydrogen-bond acceptors (Lipinski definition) is 3. The number of carbonyl (C=O) groups excluding carboxylic acids is 1. The maximum atomic E-state index is 12.9. The van der Waals surface area contributed by atoms with Gasteiger partial charge in [0, 0.05) is 12.7 Å². The fourth-order valence-corrected chi connectivity index (χ4v) is 1.59. The number of halogens is 1. The van der Waals surface area contributed by atoms with E-state index in [2.05, 4.69) is 10.3 Å². The summed E-state index contributed by atoms with van der Waals surface area (Å²) in [6, 6.07) is 7.21. The molecule has 0 spiro atoms. The van der Waals surface area contributed by atoms with E-state index in [1.165, 1.54) is 18.3 Å². The van der Waals surface area contributed by atoms with Gasteiger partial charge in [0.05, 0.1) is 17.3 Å². The van der Waals surface area contributed by atoms with Gasteiger partial charge in [-0.2, -0.15) is 0 Å². The summed E-state index contributed by atoms with van der Waals surface area (Å²) in [5.74, 6) is -2.03. The van der Waals surface area contributed by atoms with Crippen molar-refractivity contribution in [3.63, 3.8) is 0 Å². The minimum atomic E-state index is -1.01. The van der Waals surface area contributed by atoms with Crippen LogP contribution in [-0.4, -0.2) is 22.0 Å². The van der Waals surface area contributed by atoms with Crippen molar-refractivity contribution in [2.24, 2.45) is 0 Å². The molecule has 0 unspecified atom stereocenters. The summed E-state index contributed by atoms with van der Waals surface area (Å²) in [6.07, 6.45) is 2.29. The Hall–Kier alpha value is -2.76. The molecule has 0 saturated heterocycles. The summed E-state index contributed by atoms with van der Waals surface area (Å²) in [5, 5.41) is 11.4. The minimum absolute atomic E-state index is 0.132. The van der Waals surface area contributed by atoms with Crippen LogP contribution in [0.4, 0.5) is 4.39 Å². The molecule has 0 radical (unpaired) electrons. The van der Waals surface area contributed by atoms with Gasteiger partial charge in [0.15, 0.2) is 0 Å². The SMILES string of the molecule is O=C(O)c1ccc(CNC(=O)c2cncc(F)c2)cc1. The molecule has 0 aliphatic heterocycles. The number of nitrogens with one attached hydrogen (secondary N) is 1. The van der Waals surface area contributed by atoms with Gasteiger partial charge < -0.3 is 10.4 Å². The lowest BCUT2D eigenvalue weighted by atomic mass is 10.1. The molecule has 20 heavy (non-hydrogen) atoms. The molecular formula is C14H11FN2O3. The van der Waals surface area contributed by atoms with Gasteiger partial charge in [-0.3, -0.25) is 9.78 Å². The van der Waals surface area contributed by atoms with E-state index >= 15 is 0 Å². The second-order valence-electron chi connectivity index (χ2n) is 4.08. The maximum absolute atomic E-state index is 12.9. The van der Waals surface area contributed by atoms with Crippen LogP contribution in [0.5, 0.6) is 0 Å². The Morgan fingerprint density at radius 2 is 1.85 bits per heavy atom. The first-order valence-electron chi connectivity index (χ1n) is 5.77. The summed E-state index contributed by atoms with van der Waals surface area (Å²) in [5.41, 5.74) is 1.05. The number of carboxylic acid groups (broad SMARTS) is 1. The molecule has 2 aromatic rings. The van der Waals surface area contributed by atoms with Crippen LogP contribution in [0, 0.1) is 5.82 Å². The quantitative estimate of drug-likeness (QED) is 0.891. The Morgan fingerprint density at radius 1 is 1.15 bits per heavy atom. The molecule has 1 aromatic carbocycles. The number of carbonyl (C=O) groups is 2. The highest BCUT2D eigenvalue weighted by Crippen LogP contribution is 2.05. The van der Waals surface area contributed by atoms with Crippen molar-refractivity contribution in [2.75, 3.05) is 0 Å². The van der Waals surface area contributed by atoms with E-state index in [-0.39, 0.29) is 17.7 Å². The third-order valence-electron chi connectivity index (χ3n) is 2.62. The van der Waals surface area contributed by atoms with Crippen LogP contribution in [0.3, 0.4) is 0 Å². The smallest absolute Gasteiger partial charge is 0.335 e. The Bertz CT molecular complexity index is 641. The van der Waals surface area contributed by atoms with Crippen molar-refractivity contribution >= 4 is 11.9 Å². The summed E-state index contributed by atoms with van der Waals surface area (Å²) >= 11 is 0. The summed E-state index contributed by atoms with van der Waals surface area (Å²) in [6.45, 7) is 0.218. The van der Waals surface area contributed by atoms with Gasteiger partial charge in [-0.1, -0.05) is 12.1 Å². The number of carboxylic acids is 1. The molecule has 1 aromatic heterocycles. The Morgan fingerprint density at radius 3 is 2.45 bits per heavy atom. The summed E-state index contributed by atoms with van der Waals surface area (Å²) in [4.78, 5) is 26.0. The van der Waals surface area contributed by atoms with Gasteiger partial charge in [0.1, 0.15) is 5.82 Å². The van der Waals surface area contributed by atoms with E-state index in [1.807, 2.05) is 0 Å². The fourth-order valence-electron chi connectivity index (χ4n) is 1.59. The Balaban J connectivity index is 1.98. The lowest BCUT2D eigenvalue weighted by Gasteiger charge is -2.05. The van der Waals surface area contributed by atoms with E-state index in [1.54, 1.807) is 12.1 Å². The zero-order valence-electron chi connectivity index (χ0n) is 10.3. The Kier molecular flexibility index (Phi) is 4.05. The number of pyridine rings is 1. The van der Waals surface area contributed by atoms with Gasteiger partial charge in [-0.25, -0.2) is 9.18 Å². The van der Waals surface area contributed by atoms with E-state index in [4.69, 9.17) is 5.11 Å². The van der Waals surface area contributed by atoms with Crippen molar-refractivity contribution in [1.82, 2.24) is 10.3 Å². The third-order valence-corrected chi connectivity index (χ3v) is 2.62. The van der Waals surface area contributed by atoms with Crippen molar-refractivity contribution in [3.05, 3.63) is 65.2 Å². The number of aromatic nitrogens is 1. The van der Waals surface area contributed by atoms with E-state index in [0.717, 1.165) is 17.8 Å². The summed E-state index contributed by atoms with van der Waals surface area (Å²) < 4.78 is 12.9. The lowest BCUT2D eigenvalue weighted by Crippen LogP contribution is -2.23. The molecule has 0 saturated carbocycles. The summed E-state index contributed by atoms with van der Waals surface area (Å²) in [7, 11) is 0. The number of amides is 1. The second-order valence-corrected chi connectivity index (χ2v) is 4.08. The Labute approximate surface area is 114 Å². The molecule has 1 heterocycles. The number of rotatable bonds is 4. The highest BCUT2D eigenvalue weighted by atomic mass is 19.1. The molecule has 0 aliphatic rings. The number of hydrogen-bond donors (Lipinski definition) is 2. The number of benzene rings is 1. The van der Waals surface area contributed by atoms with Crippen LogP contribution < -0.4 is 5.32 Å². The molecule has 0 atom stereocenters. The number of nitrogens with zero attached hydrogens (tertiary/aromatic N) is 1. The first-order valence-corrected chi connectivity index (χ1v) is 5.77. The molecule has 0 aliphatic carbocycles. The molecule has 102 valence electrons. The van der Waals surface area contributed by atoms with Gasteiger partial charge in [-0.05, 0) is 23.8 Å². The molecule has 2 rings (SSSR count). The zero-order valence-corrected chi connectivity index (χ0v) is 10.3. The largest absolute Gasteiger partial charge is 0.478 e. The van der Waals surface area contributed by atoms with Crippen LogP contribution in [-0.2, 0) is 6.54 Å². The van der Waals surface area contributed by atoms with Gasteiger partial charge >= 0.3 is 5.97 Å². The molecule has 0 bridgehead atoms. The van der Waals surface area contributed by atoms with E-state index in [0.29, 0.717) is 0 Å². The third kappa shape index (κ3) is 3.38. The maximum Gasteiger partial charge on any atom is 0.335 e. The van der Waals surface area contributed by atoms with Gasteiger partial charge in [-0.15, -0.1) is 0 Å². The number of aromatic carboxylic acids is 1. The van der Waals surface area contributed by atoms with Crippen molar-refractivity contribution < 1.29 is 19.1 Å². The molecule has 0 fully saturated rings. The minimum Gasteiger partial charge on any atom is -0.478 e. The van der Waals surface area contributed by atoms with E-state index in [9.17, 15) is 14.0 Å². The van der Waals surface area contributed by atoms with Gasteiger partial charge in [0.25, 0.3) is 5.91 Å². The van der Waals surface area contributed by atoms with Crippen LogP contribution in [0.15, 0.2) is 42.7 Å². The molecule has 2 N–H and O–H groups in total. The molecule has 1 amide bonds.